The first-order chi connectivity index (χ1) is 8.99. The molecule has 1 aromatic rings. The lowest BCUT2D eigenvalue weighted by molar-refractivity contribution is 0.0559. The average molecular weight is 263 g/mol. The van der Waals surface area contributed by atoms with Gasteiger partial charge in [-0.3, -0.25) is 0 Å². The van der Waals surface area contributed by atoms with Crippen LogP contribution in [0, 0.1) is 11.3 Å². The van der Waals surface area contributed by atoms with E-state index in [0.29, 0.717) is 0 Å². The monoisotopic (exact) mass is 263 g/mol. The Kier molecular flexibility index (Phi) is 7.11. The fourth-order valence-corrected chi connectivity index (χ4v) is 1.86. The summed E-state index contributed by atoms with van der Waals surface area (Å²) in [5.74, 6) is 0.722. The van der Waals surface area contributed by atoms with Gasteiger partial charge in [-0.1, -0.05) is 58.0 Å². The van der Waals surface area contributed by atoms with Crippen LogP contribution in [-0.4, -0.2) is 19.8 Å². The molecule has 1 rings (SSSR count). The molecule has 0 heterocycles. The van der Waals surface area contributed by atoms with E-state index >= 15 is 0 Å². The zero-order valence-electron chi connectivity index (χ0n) is 12.9. The van der Waals surface area contributed by atoms with Gasteiger partial charge in [-0.2, -0.15) is 0 Å². The molecular formula is C17H29NO. The van der Waals surface area contributed by atoms with E-state index in [-0.39, 0.29) is 5.41 Å². The van der Waals surface area contributed by atoms with Crippen molar-refractivity contribution in [3.8, 4) is 0 Å². The summed E-state index contributed by atoms with van der Waals surface area (Å²) < 4.78 is 5.77. The van der Waals surface area contributed by atoms with E-state index in [0.717, 1.165) is 38.6 Å². The number of hydrogen-bond acceptors (Lipinski definition) is 2. The van der Waals surface area contributed by atoms with E-state index in [4.69, 9.17) is 4.74 Å². The minimum atomic E-state index is 0.186. The maximum atomic E-state index is 5.77. The van der Waals surface area contributed by atoms with Crippen LogP contribution in [0.3, 0.4) is 0 Å². The molecule has 0 aliphatic carbocycles. The fraction of sp³-hybridized carbons (Fsp3) is 0.647. The van der Waals surface area contributed by atoms with Crippen LogP contribution >= 0.6 is 0 Å². The number of rotatable bonds is 9. The second-order valence-corrected chi connectivity index (χ2v) is 6.49. The summed E-state index contributed by atoms with van der Waals surface area (Å²) in [5, 5.41) is 3.51. The summed E-state index contributed by atoms with van der Waals surface area (Å²) in [4.78, 5) is 0. The van der Waals surface area contributed by atoms with Gasteiger partial charge in [-0.25, -0.2) is 0 Å². The molecule has 0 amide bonds. The third-order valence-corrected chi connectivity index (χ3v) is 3.11. The molecule has 0 aliphatic rings. The van der Waals surface area contributed by atoms with Crippen LogP contribution in [0.15, 0.2) is 30.3 Å². The van der Waals surface area contributed by atoms with E-state index < -0.39 is 0 Å². The first kappa shape index (κ1) is 16.2. The second-order valence-electron chi connectivity index (χ2n) is 6.49. The van der Waals surface area contributed by atoms with E-state index in [1.54, 1.807) is 0 Å². The van der Waals surface area contributed by atoms with Crippen molar-refractivity contribution in [2.45, 2.75) is 40.7 Å². The van der Waals surface area contributed by atoms with Gasteiger partial charge in [0.05, 0.1) is 6.61 Å². The van der Waals surface area contributed by atoms with Crippen molar-refractivity contribution in [2.24, 2.45) is 11.3 Å². The van der Waals surface area contributed by atoms with Gasteiger partial charge in [0.25, 0.3) is 0 Å². The highest BCUT2D eigenvalue weighted by Crippen LogP contribution is 2.15. The van der Waals surface area contributed by atoms with Crippen LogP contribution < -0.4 is 5.32 Å². The first-order valence-corrected chi connectivity index (χ1v) is 7.32. The van der Waals surface area contributed by atoms with Gasteiger partial charge >= 0.3 is 0 Å². The SMILES string of the molecule is CC(C)CCOCC(C)(C)CNCc1ccccc1. The predicted molar refractivity (Wildman–Crippen MR) is 82.2 cm³/mol. The number of benzene rings is 1. The molecular weight excluding hydrogens is 234 g/mol. The Morgan fingerprint density at radius 1 is 1.16 bits per heavy atom. The molecule has 0 atom stereocenters. The van der Waals surface area contributed by atoms with Crippen molar-refractivity contribution in [1.29, 1.82) is 0 Å². The molecule has 0 saturated heterocycles. The van der Waals surface area contributed by atoms with Crippen LogP contribution in [0.2, 0.25) is 0 Å². The van der Waals surface area contributed by atoms with Gasteiger partial charge in [0.15, 0.2) is 0 Å². The molecule has 0 fully saturated rings. The smallest absolute Gasteiger partial charge is 0.0529 e. The van der Waals surface area contributed by atoms with Crippen LogP contribution in [-0.2, 0) is 11.3 Å². The van der Waals surface area contributed by atoms with Crippen LogP contribution in [0.25, 0.3) is 0 Å². The van der Waals surface area contributed by atoms with Gasteiger partial charge in [-0.15, -0.1) is 0 Å². The molecule has 2 heteroatoms. The van der Waals surface area contributed by atoms with E-state index in [1.807, 2.05) is 0 Å². The Balaban J connectivity index is 2.16. The lowest BCUT2D eigenvalue weighted by Crippen LogP contribution is -2.33. The largest absolute Gasteiger partial charge is 0.381 e. The first-order valence-electron chi connectivity index (χ1n) is 7.32. The zero-order chi connectivity index (χ0) is 14.1. The van der Waals surface area contributed by atoms with E-state index in [1.165, 1.54) is 5.56 Å². The van der Waals surface area contributed by atoms with Gasteiger partial charge in [0.1, 0.15) is 0 Å². The number of nitrogens with one attached hydrogen (secondary N) is 1. The maximum Gasteiger partial charge on any atom is 0.0529 e. The molecule has 0 aliphatic heterocycles. The van der Waals surface area contributed by atoms with Gasteiger partial charge < -0.3 is 10.1 Å². The van der Waals surface area contributed by atoms with Crippen molar-refractivity contribution in [1.82, 2.24) is 5.32 Å². The molecule has 0 bridgehead atoms. The topological polar surface area (TPSA) is 21.3 Å². The van der Waals surface area contributed by atoms with Crippen molar-refractivity contribution in [3.05, 3.63) is 35.9 Å². The lowest BCUT2D eigenvalue weighted by atomic mass is 9.94. The Bertz CT molecular complexity index is 332. The minimum absolute atomic E-state index is 0.186. The summed E-state index contributed by atoms with van der Waals surface area (Å²) in [6, 6.07) is 10.5. The molecule has 0 radical (unpaired) electrons. The normalized spacial score (nSPS) is 12.1. The molecule has 0 saturated carbocycles. The average Bonchev–Trinajstić information content (AvgIpc) is 2.36. The Labute approximate surface area is 118 Å². The highest BCUT2D eigenvalue weighted by molar-refractivity contribution is 5.14. The molecule has 2 nitrogen and oxygen atoms in total. The van der Waals surface area contributed by atoms with Crippen molar-refractivity contribution >= 4 is 0 Å². The summed E-state index contributed by atoms with van der Waals surface area (Å²) >= 11 is 0. The Hall–Kier alpha value is -0.860. The summed E-state index contributed by atoms with van der Waals surface area (Å²) in [6.07, 6.45) is 1.15. The number of ether oxygens (including phenoxy) is 1. The molecule has 1 aromatic carbocycles. The molecule has 0 spiro atoms. The standard InChI is InChI=1S/C17H29NO/c1-15(2)10-11-19-14-17(3,4)13-18-12-16-8-6-5-7-9-16/h5-9,15,18H,10-14H2,1-4H3. The van der Waals surface area contributed by atoms with Gasteiger partial charge in [0, 0.05) is 25.1 Å². The Morgan fingerprint density at radius 3 is 2.47 bits per heavy atom. The van der Waals surface area contributed by atoms with Gasteiger partial charge in [0.2, 0.25) is 0 Å². The van der Waals surface area contributed by atoms with E-state index in [2.05, 4.69) is 63.3 Å². The second kappa shape index (κ2) is 8.34. The highest BCUT2D eigenvalue weighted by atomic mass is 16.5. The highest BCUT2D eigenvalue weighted by Gasteiger charge is 2.17. The Morgan fingerprint density at radius 2 is 1.84 bits per heavy atom. The van der Waals surface area contributed by atoms with Crippen molar-refractivity contribution in [2.75, 3.05) is 19.8 Å². The molecule has 0 unspecified atom stereocenters. The third-order valence-electron chi connectivity index (χ3n) is 3.11. The fourth-order valence-electron chi connectivity index (χ4n) is 1.86. The predicted octanol–water partition coefficient (Wildman–Crippen LogP) is 3.87. The molecule has 1 N–H and O–H groups in total. The molecule has 0 aromatic heterocycles. The van der Waals surface area contributed by atoms with Gasteiger partial charge in [-0.05, 0) is 17.9 Å². The van der Waals surface area contributed by atoms with E-state index in [9.17, 15) is 0 Å². The minimum Gasteiger partial charge on any atom is -0.381 e. The third kappa shape index (κ3) is 8.02. The maximum absolute atomic E-state index is 5.77. The van der Waals surface area contributed by atoms with Crippen molar-refractivity contribution < 1.29 is 4.74 Å². The molecule has 108 valence electrons. The lowest BCUT2D eigenvalue weighted by Gasteiger charge is -2.25. The van der Waals surface area contributed by atoms with Crippen molar-refractivity contribution in [3.63, 3.8) is 0 Å². The number of hydrogen-bond donors (Lipinski definition) is 1. The van der Waals surface area contributed by atoms with Crippen LogP contribution in [0.4, 0.5) is 0 Å². The van der Waals surface area contributed by atoms with Crippen LogP contribution in [0.5, 0.6) is 0 Å². The molecule has 19 heavy (non-hydrogen) atoms. The summed E-state index contributed by atoms with van der Waals surface area (Å²) in [5.41, 5.74) is 1.52. The van der Waals surface area contributed by atoms with Crippen LogP contribution in [0.1, 0.15) is 39.7 Å². The summed E-state index contributed by atoms with van der Waals surface area (Å²) in [7, 11) is 0. The summed E-state index contributed by atoms with van der Waals surface area (Å²) in [6.45, 7) is 12.6. The quantitative estimate of drug-likeness (QED) is 0.683. The zero-order valence-corrected chi connectivity index (χ0v) is 12.9.